The monoisotopic (exact) mass is 557 g/mol. The zero-order chi connectivity index (χ0) is 28.9. The number of aromatic nitrogens is 4. The van der Waals surface area contributed by atoms with Crippen LogP contribution in [0.2, 0.25) is 0 Å². The van der Waals surface area contributed by atoms with E-state index in [1.165, 1.54) is 16.5 Å². The van der Waals surface area contributed by atoms with Crippen LogP contribution in [-0.2, 0) is 0 Å². The minimum Gasteiger partial charge on any atom is -0.380 e. The summed E-state index contributed by atoms with van der Waals surface area (Å²) in [7, 11) is 0. The molecule has 5 aromatic rings. The largest absolute Gasteiger partial charge is 0.380 e. The number of nitrogens with one attached hydrogen (secondary N) is 1. The van der Waals surface area contributed by atoms with Gasteiger partial charge in [0.1, 0.15) is 5.69 Å². The van der Waals surface area contributed by atoms with Gasteiger partial charge in [-0.1, -0.05) is 48.0 Å². The van der Waals surface area contributed by atoms with E-state index in [4.69, 9.17) is 0 Å². The number of likely N-dealkylation sites (N-methyl/N-ethyl adjacent to an activating group) is 1. The van der Waals surface area contributed by atoms with Crippen LogP contribution in [-0.4, -0.2) is 75.0 Å². The molecular formula is C34H35N7O. The first kappa shape index (κ1) is 27.4. The molecule has 0 bridgehead atoms. The fourth-order valence-corrected chi connectivity index (χ4v) is 5.32. The van der Waals surface area contributed by atoms with Gasteiger partial charge in [0.15, 0.2) is 0 Å². The second kappa shape index (κ2) is 12.4. The van der Waals surface area contributed by atoms with Gasteiger partial charge in [0.2, 0.25) is 0 Å². The second-order valence-corrected chi connectivity index (χ2v) is 10.6. The third-order valence-electron chi connectivity index (χ3n) is 7.83. The molecule has 0 unspecified atom stereocenters. The highest BCUT2D eigenvalue weighted by Gasteiger charge is 2.21. The molecular weight excluding hydrogens is 522 g/mol. The third-order valence-corrected chi connectivity index (χ3v) is 7.83. The Labute approximate surface area is 246 Å². The number of hydrogen-bond donors (Lipinski definition) is 1. The minimum absolute atomic E-state index is 0.0963. The Balaban J connectivity index is 0.000000265. The van der Waals surface area contributed by atoms with Crippen molar-refractivity contribution < 1.29 is 4.79 Å². The van der Waals surface area contributed by atoms with Crippen LogP contribution in [0.5, 0.6) is 0 Å². The Morgan fingerprint density at radius 1 is 0.929 bits per heavy atom. The molecule has 0 saturated carbocycles. The normalized spacial score (nSPS) is 14.8. The fourth-order valence-electron chi connectivity index (χ4n) is 5.32. The lowest BCUT2D eigenvalue weighted by Crippen LogP contribution is -2.48. The molecule has 4 heterocycles. The number of pyridine rings is 1. The molecule has 0 atom stereocenters. The molecule has 7 rings (SSSR count). The number of benzene rings is 3. The maximum absolute atomic E-state index is 12.8. The molecule has 212 valence electrons. The molecule has 8 nitrogen and oxygen atoms in total. The zero-order valence-corrected chi connectivity index (χ0v) is 24.1. The van der Waals surface area contributed by atoms with E-state index < -0.39 is 0 Å². The molecule has 3 aromatic carbocycles. The minimum atomic E-state index is 0.0963. The van der Waals surface area contributed by atoms with Crippen LogP contribution >= 0.6 is 0 Å². The van der Waals surface area contributed by atoms with E-state index >= 15 is 0 Å². The quantitative estimate of drug-likeness (QED) is 0.312. The fraction of sp³-hybridized carbons (Fsp3) is 0.235. The first-order valence-corrected chi connectivity index (χ1v) is 14.5. The van der Waals surface area contributed by atoms with Crippen LogP contribution in [0.15, 0.2) is 91.3 Å². The van der Waals surface area contributed by atoms with Crippen molar-refractivity contribution in [3.05, 3.63) is 114 Å². The number of aryl methyl sites for hydroxylation is 1. The Morgan fingerprint density at radius 2 is 1.71 bits per heavy atom. The highest BCUT2D eigenvalue weighted by Crippen LogP contribution is 2.28. The smallest absolute Gasteiger partial charge is 0.253 e. The predicted molar refractivity (Wildman–Crippen MR) is 169 cm³/mol. The Hall–Kier alpha value is -4.82. The number of anilines is 1. The lowest BCUT2D eigenvalue weighted by Gasteiger charge is -2.34. The van der Waals surface area contributed by atoms with E-state index in [1.807, 2.05) is 65.8 Å². The number of carbonyl (C=O) groups excluding carboxylic acids is 1. The van der Waals surface area contributed by atoms with E-state index in [2.05, 4.69) is 75.8 Å². The number of rotatable bonds is 4. The van der Waals surface area contributed by atoms with Crippen molar-refractivity contribution in [1.29, 1.82) is 0 Å². The molecule has 1 N–H and O–H groups in total. The van der Waals surface area contributed by atoms with E-state index in [9.17, 15) is 4.79 Å². The molecule has 2 aliphatic rings. The topological polar surface area (TPSA) is 79.2 Å². The lowest BCUT2D eigenvalue weighted by atomic mass is 10.0. The van der Waals surface area contributed by atoms with Gasteiger partial charge in [-0.05, 0) is 73.6 Å². The van der Waals surface area contributed by atoms with Gasteiger partial charge in [-0.3, -0.25) is 9.78 Å². The molecule has 2 aromatic heterocycles. The summed E-state index contributed by atoms with van der Waals surface area (Å²) in [5.41, 5.74) is 8.15. The molecule has 0 aliphatic carbocycles. The number of amides is 1. The van der Waals surface area contributed by atoms with Crippen molar-refractivity contribution in [3.63, 3.8) is 0 Å². The van der Waals surface area contributed by atoms with Crippen molar-refractivity contribution in [1.82, 2.24) is 29.8 Å². The van der Waals surface area contributed by atoms with Gasteiger partial charge in [-0.2, -0.15) is 0 Å². The highest BCUT2D eigenvalue weighted by molar-refractivity contribution is 5.94. The zero-order valence-electron chi connectivity index (χ0n) is 24.1. The van der Waals surface area contributed by atoms with Crippen molar-refractivity contribution in [3.8, 4) is 5.69 Å². The summed E-state index contributed by atoms with van der Waals surface area (Å²) >= 11 is 0. The first-order chi connectivity index (χ1) is 20.6. The van der Waals surface area contributed by atoms with Gasteiger partial charge in [-0.15, -0.1) is 5.10 Å². The number of para-hydroxylation sites is 1. The summed E-state index contributed by atoms with van der Waals surface area (Å²) in [6.07, 6.45) is 5.92. The van der Waals surface area contributed by atoms with Crippen LogP contribution in [0, 0.1) is 6.92 Å². The molecule has 8 heteroatoms. The lowest BCUT2D eigenvalue weighted by molar-refractivity contribution is 0.0643. The van der Waals surface area contributed by atoms with Gasteiger partial charge >= 0.3 is 0 Å². The number of carbonyl (C=O) groups is 1. The maximum Gasteiger partial charge on any atom is 0.253 e. The van der Waals surface area contributed by atoms with E-state index in [1.54, 1.807) is 4.68 Å². The average Bonchev–Trinajstić information content (AvgIpc) is 3.55. The van der Waals surface area contributed by atoms with E-state index in [0.29, 0.717) is 12.1 Å². The van der Waals surface area contributed by atoms with Gasteiger partial charge in [0, 0.05) is 61.1 Å². The van der Waals surface area contributed by atoms with Crippen molar-refractivity contribution in [2.45, 2.75) is 13.8 Å². The molecule has 1 fully saturated rings. The van der Waals surface area contributed by atoms with Crippen molar-refractivity contribution in [2.24, 2.45) is 0 Å². The summed E-state index contributed by atoms with van der Waals surface area (Å²) in [6, 6.07) is 26.1. The second-order valence-electron chi connectivity index (χ2n) is 10.6. The highest BCUT2D eigenvalue weighted by atomic mass is 16.2. The number of hydrogen-bond acceptors (Lipinski definition) is 6. The third kappa shape index (κ3) is 6.09. The number of fused-ring (bicyclic) bond motifs is 2. The molecule has 1 amide bonds. The number of nitrogens with zero attached hydrogens (tertiary/aromatic N) is 6. The van der Waals surface area contributed by atoms with Crippen LogP contribution in [0.25, 0.3) is 28.2 Å². The summed E-state index contributed by atoms with van der Waals surface area (Å²) in [6.45, 7) is 9.46. The van der Waals surface area contributed by atoms with Gasteiger partial charge < -0.3 is 15.1 Å². The summed E-state index contributed by atoms with van der Waals surface area (Å²) < 4.78 is 1.76. The molecule has 0 radical (unpaired) electrons. The maximum atomic E-state index is 12.8. The Morgan fingerprint density at radius 3 is 2.50 bits per heavy atom. The number of piperazine rings is 1. The van der Waals surface area contributed by atoms with Crippen LogP contribution in [0.3, 0.4) is 0 Å². The Kier molecular flexibility index (Phi) is 8.05. The molecule has 2 aliphatic heterocycles. The predicted octanol–water partition coefficient (Wildman–Crippen LogP) is 5.55. The van der Waals surface area contributed by atoms with Crippen molar-refractivity contribution in [2.75, 3.05) is 44.6 Å². The average molecular weight is 558 g/mol. The van der Waals surface area contributed by atoms with Crippen molar-refractivity contribution >= 4 is 34.1 Å². The van der Waals surface area contributed by atoms with Crippen LogP contribution in [0.1, 0.15) is 34.1 Å². The first-order valence-electron chi connectivity index (χ1n) is 14.5. The summed E-state index contributed by atoms with van der Waals surface area (Å²) in [5, 5.41) is 13.4. The SMILES string of the molecule is CCN1CCN(C(=O)c2ccc(-n3cc(C4=Cc5cc(C)ccc5NC4)nn3)cc2)CC1.c1ccc2ncccc2c1. The van der Waals surface area contributed by atoms with Gasteiger partial charge in [0.25, 0.3) is 5.91 Å². The van der Waals surface area contributed by atoms with E-state index in [0.717, 1.165) is 60.9 Å². The molecule has 1 saturated heterocycles. The molecule has 42 heavy (non-hydrogen) atoms. The molecule has 0 spiro atoms. The Bertz CT molecular complexity index is 1650. The van der Waals surface area contributed by atoms with Crippen LogP contribution in [0.4, 0.5) is 5.69 Å². The van der Waals surface area contributed by atoms with Gasteiger partial charge in [-0.25, -0.2) is 4.68 Å². The summed E-state index contributed by atoms with van der Waals surface area (Å²) in [4.78, 5) is 21.3. The standard InChI is InChI=1S/C25H28N6O.C9H7N/c1-3-29-10-12-30(13-11-29)25(32)19-5-7-22(8-6-19)31-17-24(27-28-31)21-15-20-14-18(2)4-9-23(20)26-16-21;1-2-6-9-8(4-1)5-3-7-10-9/h4-9,14-15,17,26H,3,10-13,16H2,1-2H3;1-7H. The van der Waals surface area contributed by atoms with Gasteiger partial charge in [0.05, 0.1) is 17.4 Å². The summed E-state index contributed by atoms with van der Waals surface area (Å²) in [5.74, 6) is 0.0963. The van der Waals surface area contributed by atoms with E-state index in [-0.39, 0.29) is 5.91 Å². The van der Waals surface area contributed by atoms with Crippen LogP contribution < -0.4 is 5.32 Å².